The fraction of sp³-hybridized carbons (Fsp3) is 0.333. The summed E-state index contributed by atoms with van der Waals surface area (Å²) in [4.78, 5) is 26.4. The molecule has 1 saturated heterocycles. The van der Waals surface area contributed by atoms with Crippen LogP contribution in [0.15, 0.2) is 41.3 Å². The zero-order valence-corrected chi connectivity index (χ0v) is 18.2. The number of hydrogen-bond donors (Lipinski definition) is 1. The van der Waals surface area contributed by atoms with Crippen LogP contribution in [0, 0.1) is 6.92 Å². The third-order valence-corrected chi connectivity index (χ3v) is 6.84. The number of amides is 2. The van der Waals surface area contributed by atoms with E-state index >= 15 is 0 Å². The van der Waals surface area contributed by atoms with Crippen molar-refractivity contribution >= 4 is 33.2 Å². The SMILES string of the molecule is COc1ccc(C(=O)Nc2ccc(N3CCCC3=O)c(C)c2)cc1S(=O)(=O)N(C)C. The van der Waals surface area contributed by atoms with Crippen molar-refractivity contribution in [3.63, 3.8) is 0 Å². The summed E-state index contributed by atoms with van der Waals surface area (Å²) in [7, 11) is 0.417. The Morgan fingerprint density at radius 3 is 2.47 bits per heavy atom. The van der Waals surface area contributed by atoms with Gasteiger partial charge in [-0.25, -0.2) is 12.7 Å². The van der Waals surface area contributed by atoms with E-state index < -0.39 is 15.9 Å². The molecule has 0 radical (unpaired) electrons. The largest absolute Gasteiger partial charge is 0.495 e. The van der Waals surface area contributed by atoms with Crippen LogP contribution >= 0.6 is 0 Å². The van der Waals surface area contributed by atoms with E-state index in [0.717, 1.165) is 22.0 Å². The van der Waals surface area contributed by atoms with Crippen LogP contribution in [-0.4, -0.2) is 52.3 Å². The summed E-state index contributed by atoms with van der Waals surface area (Å²) in [6, 6.07) is 9.59. The molecule has 0 unspecified atom stereocenters. The normalized spacial score (nSPS) is 14.3. The first-order valence-electron chi connectivity index (χ1n) is 9.48. The molecule has 1 aliphatic rings. The third kappa shape index (κ3) is 4.17. The number of benzene rings is 2. The van der Waals surface area contributed by atoms with Crippen LogP contribution in [-0.2, 0) is 14.8 Å². The summed E-state index contributed by atoms with van der Waals surface area (Å²) in [5.74, 6) is -0.185. The van der Waals surface area contributed by atoms with Crippen LogP contribution in [0.1, 0.15) is 28.8 Å². The van der Waals surface area contributed by atoms with Gasteiger partial charge in [-0.05, 0) is 55.3 Å². The average Bonchev–Trinajstić information content (AvgIpc) is 3.13. The maximum absolute atomic E-state index is 12.7. The van der Waals surface area contributed by atoms with Gasteiger partial charge < -0.3 is 15.0 Å². The molecule has 0 aliphatic carbocycles. The Bertz CT molecular complexity index is 1100. The molecule has 2 amide bonds. The number of carbonyl (C=O) groups excluding carboxylic acids is 2. The van der Waals surface area contributed by atoms with E-state index in [1.165, 1.54) is 39.4 Å². The smallest absolute Gasteiger partial charge is 0.255 e. The number of nitrogens with one attached hydrogen (secondary N) is 1. The van der Waals surface area contributed by atoms with Gasteiger partial charge in [-0.1, -0.05) is 0 Å². The summed E-state index contributed by atoms with van der Waals surface area (Å²) < 4.78 is 31.3. The van der Waals surface area contributed by atoms with Crippen molar-refractivity contribution in [3.8, 4) is 5.75 Å². The van der Waals surface area contributed by atoms with E-state index in [1.54, 1.807) is 17.0 Å². The Balaban J connectivity index is 1.86. The number of ether oxygens (including phenoxy) is 1. The van der Waals surface area contributed by atoms with Gasteiger partial charge in [-0.3, -0.25) is 9.59 Å². The van der Waals surface area contributed by atoms with Gasteiger partial charge in [-0.2, -0.15) is 0 Å². The van der Waals surface area contributed by atoms with E-state index in [2.05, 4.69) is 5.32 Å². The summed E-state index contributed by atoms with van der Waals surface area (Å²) in [5.41, 5.74) is 2.45. The molecule has 0 spiro atoms. The van der Waals surface area contributed by atoms with Crippen molar-refractivity contribution in [2.45, 2.75) is 24.7 Å². The lowest BCUT2D eigenvalue weighted by molar-refractivity contribution is -0.117. The van der Waals surface area contributed by atoms with Gasteiger partial charge in [-0.15, -0.1) is 0 Å². The number of sulfonamides is 1. The van der Waals surface area contributed by atoms with Gasteiger partial charge in [0.1, 0.15) is 10.6 Å². The molecule has 1 N–H and O–H groups in total. The molecule has 2 aromatic carbocycles. The van der Waals surface area contributed by atoms with Gasteiger partial charge >= 0.3 is 0 Å². The highest BCUT2D eigenvalue weighted by molar-refractivity contribution is 7.89. The van der Waals surface area contributed by atoms with Crippen LogP contribution in [0.2, 0.25) is 0 Å². The van der Waals surface area contributed by atoms with Crippen molar-refractivity contribution in [3.05, 3.63) is 47.5 Å². The van der Waals surface area contributed by atoms with E-state index in [4.69, 9.17) is 4.74 Å². The Morgan fingerprint density at radius 2 is 1.90 bits per heavy atom. The maximum Gasteiger partial charge on any atom is 0.255 e. The molecule has 160 valence electrons. The van der Waals surface area contributed by atoms with Crippen LogP contribution < -0.4 is 15.0 Å². The first kappa shape index (κ1) is 21.8. The second-order valence-electron chi connectivity index (χ2n) is 7.26. The Hall–Kier alpha value is -2.91. The zero-order valence-electron chi connectivity index (χ0n) is 17.4. The van der Waals surface area contributed by atoms with E-state index in [1.807, 2.05) is 13.0 Å². The lowest BCUT2D eigenvalue weighted by Crippen LogP contribution is -2.24. The molecular formula is C21H25N3O5S. The van der Waals surface area contributed by atoms with E-state index in [9.17, 15) is 18.0 Å². The van der Waals surface area contributed by atoms with Crippen molar-refractivity contribution < 1.29 is 22.7 Å². The zero-order chi connectivity index (χ0) is 22.1. The molecule has 2 aromatic rings. The van der Waals surface area contributed by atoms with Crippen molar-refractivity contribution in [2.24, 2.45) is 0 Å². The minimum atomic E-state index is -3.78. The Morgan fingerprint density at radius 1 is 1.17 bits per heavy atom. The number of methoxy groups -OCH3 is 1. The quantitative estimate of drug-likeness (QED) is 0.759. The molecule has 0 bridgehead atoms. The monoisotopic (exact) mass is 431 g/mol. The highest BCUT2D eigenvalue weighted by Crippen LogP contribution is 2.29. The summed E-state index contributed by atoms with van der Waals surface area (Å²) in [5, 5.41) is 2.78. The molecule has 3 rings (SSSR count). The third-order valence-electron chi connectivity index (χ3n) is 5.00. The Kier molecular flexibility index (Phi) is 6.14. The summed E-state index contributed by atoms with van der Waals surface area (Å²) >= 11 is 0. The average molecular weight is 432 g/mol. The second-order valence-corrected chi connectivity index (χ2v) is 9.38. The lowest BCUT2D eigenvalue weighted by atomic mass is 10.1. The van der Waals surface area contributed by atoms with Gasteiger partial charge in [0.25, 0.3) is 5.91 Å². The van der Waals surface area contributed by atoms with Gasteiger partial charge in [0.15, 0.2) is 0 Å². The molecule has 1 fully saturated rings. The predicted molar refractivity (Wildman–Crippen MR) is 115 cm³/mol. The number of hydrogen-bond acceptors (Lipinski definition) is 5. The molecule has 0 aromatic heterocycles. The van der Waals surface area contributed by atoms with Crippen LogP contribution in [0.5, 0.6) is 5.75 Å². The molecule has 0 saturated carbocycles. The second kappa shape index (κ2) is 8.45. The first-order valence-corrected chi connectivity index (χ1v) is 10.9. The minimum absolute atomic E-state index is 0.0817. The minimum Gasteiger partial charge on any atom is -0.495 e. The Labute approximate surface area is 176 Å². The van der Waals surface area contributed by atoms with E-state index in [0.29, 0.717) is 18.7 Å². The molecule has 0 atom stereocenters. The molecular weight excluding hydrogens is 406 g/mol. The van der Waals surface area contributed by atoms with Crippen molar-refractivity contribution in [1.82, 2.24) is 4.31 Å². The molecule has 1 heterocycles. The van der Waals surface area contributed by atoms with Gasteiger partial charge in [0.2, 0.25) is 15.9 Å². The molecule has 1 aliphatic heterocycles. The number of anilines is 2. The van der Waals surface area contributed by atoms with Crippen molar-refractivity contribution in [2.75, 3.05) is 38.0 Å². The highest BCUT2D eigenvalue weighted by Gasteiger charge is 2.25. The van der Waals surface area contributed by atoms with Crippen LogP contribution in [0.25, 0.3) is 0 Å². The predicted octanol–water partition coefficient (Wildman–Crippen LogP) is 2.63. The standard InChI is InChI=1S/C21H25N3O5S/c1-14-12-16(8-9-17(14)24-11-5-6-20(24)25)22-21(26)15-7-10-18(29-4)19(13-15)30(27,28)23(2)3/h7-10,12-13H,5-6,11H2,1-4H3,(H,22,26). The fourth-order valence-electron chi connectivity index (χ4n) is 3.36. The van der Waals surface area contributed by atoms with Crippen LogP contribution in [0.3, 0.4) is 0 Å². The molecule has 8 nitrogen and oxygen atoms in total. The number of aryl methyl sites for hydroxylation is 1. The van der Waals surface area contributed by atoms with Gasteiger partial charge in [0, 0.05) is 44.0 Å². The van der Waals surface area contributed by atoms with Crippen molar-refractivity contribution in [1.29, 1.82) is 0 Å². The number of carbonyl (C=O) groups is 2. The highest BCUT2D eigenvalue weighted by atomic mass is 32.2. The number of nitrogens with zero attached hydrogens (tertiary/aromatic N) is 2. The summed E-state index contributed by atoms with van der Waals surface area (Å²) in [6.07, 6.45) is 1.39. The van der Waals surface area contributed by atoms with E-state index in [-0.39, 0.29) is 22.1 Å². The topological polar surface area (TPSA) is 96.0 Å². The van der Waals surface area contributed by atoms with Gasteiger partial charge in [0.05, 0.1) is 7.11 Å². The number of rotatable bonds is 6. The summed E-state index contributed by atoms with van der Waals surface area (Å²) in [6.45, 7) is 2.58. The lowest BCUT2D eigenvalue weighted by Gasteiger charge is -2.19. The first-order chi connectivity index (χ1) is 14.1. The maximum atomic E-state index is 12.7. The fourth-order valence-corrected chi connectivity index (χ4v) is 4.43. The molecule has 9 heteroatoms. The molecule has 30 heavy (non-hydrogen) atoms. The van der Waals surface area contributed by atoms with Crippen LogP contribution in [0.4, 0.5) is 11.4 Å².